The lowest BCUT2D eigenvalue weighted by Gasteiger charge is -2.48. The van der Waals surface area contributed by atoms with E-state index in [0.717, 1.165) is 30.6 Å². The molecular weight excluding hydrogens is 276 g/mol. The number of hydrogen-bond donors (Lipinski definition) is 1. The number of carbonyl (C=O) groups is 2. The summed E-state index contributed by atoms with van der Waals surface area (Å²) in [4.78, 5) is 29.0. The number of aryl methyl sites for hydroxylation is 1. The van der Waals surface area contributed by atoms with Gasteiger partial charge in [0.05, 0.1) is 0 Å². The van der Waals surface area contributed by atoms with Crippen LogP contribution in [0.3, 0.4) is 0 Å². The second kappa shape index (κ2) is 5.16. The number of aliphatic carboxylic acids is 1. The van der Waals surface area contributed by atoms with Crippen molar-refractivity contribution in [2.45, 2.75) is 32.6 Å². The van der Waals surface area contributed by atoms with E-state index in [2.05, 4.69) is 10.3 Å². The van der Waals surface area contributed by atoms with Gasteiger partial charge in [-0.3, -0.25) is 4.79 Å². The van der Waals surface area contributed by atoms with E-state index >= 15 is 0 Å². The molecule has 1 amide bonds. The summed E-state index contributed by atoms with van der Waals surface area (Å²) in [5.41, 5.74) is 0. The van der Waals surface area contributed by atoms with Gasteiger partial charge in [-0.25, -0.2) is 4.98 Å². The SMILES string of the molecule is Cc1cnc(NC(=O)[C@H]2C3CCC(CC3)[C@@H]2C(=O)[O-])s1. The Morgan fingerprint density at radius 3 is 2.35 bits per heavy atom. The number of rotatable bonds is 3. The highest BCUT2D eigenvalue weighted by Crippen LogP contribution is 2.49. The van der Waals surface area contributed by atoms with E-state index in [1.807, 2.05) is 6.92 Å². The van der Waals surface area contributed by atoms with Crippen LogP contribution >= 0.6 is 11.3 Å². The Morgan fingerprint density at radius 1 is 1.25 bits per heavy atom. The molecule has 3 fully saturated rings. The first kappa shape index (κ1) is 13.5. The summed E-state index contributed by atoms with van der Waals surface area (Å²) in [6.45, 7) is 1.92. The zero-order valence-corrected chi connectivity index (χ0v) is 12.1. The average Bonchev–Trinajstić information content (AvgIpc) is 2.84. The van der Waals surface area contributed by atoms with Gasteiger partial charge in [0.2, 0.25) is 5.91 Å². The number of nitrogens with zero attached hydrogens (tertiary/aromatic N) is 1. The molecular formula is C14H17N2O3S-. The van der Waals surface area contributed by atoms with Gasteiger partial charge in [0.1, 0.15) is 0 Å². The number of carboxylic acid groups (broad SMARTS) is 1. The van der Waals surface area contributed by atoms with Crippen molar-refractivity contribution in [2.75, 3.05) is 5.32 Å². The zero-order valence-electron chi connectivity index (χ0n) is 11.3. The lowest BCUT2D eigenvalue weighted by Crippen LogP contribution is -2.52. The van der Waals surface area contributed by atoms with Gasteiger partial charge in [0.15, 0.2) is 5.13 Å². The molecule has 0 unspecified atom stereocenters. The van der Waals surface area contributed by atoms with E-state index in [9.17, 15) is 14.7 Å². The van der Waals surface area contributed by atoms with Gasteiger partial charge in [-0.1, -0.05) is 0 Å². The Morgan fingerprint density at radius 2 is 1.85 bits per heavy atom. The zero-order chi connectivity index (χ0) is 14.3. The molecule has 0 aliphatic heterocycles. The summed E-state index contributed by atoms with van der Waals surface area (Å²) in [6, 6.07) is 0. The van der Waals surface area contributed by atoms with E-state index < -0.39 is 17.8 Å². The van der Waals surface area contributed by atoms with Crippen molar-refractivity contribution < 1.29 is 14.7 Å². The van der Waals surface area contributed by atoms with Gasteiger partial charge in [-0.05, 0) is 44.4 Å². The number of nitrogens with one attached hydrogen (secondary N) is 1. The predicted molar refractivity (Wildman–Crippen MR) is 72.9 cm³/mol. The molecule has 4 rings (SSSR count). The lowest BCUT2D eigenvalue weighted by atomic mass is 9.58. The maximum atomic E-state index is 12.4. The molecule has 3 aliphatic rings. The van der Waals surface area contributed by atoms with Gasteiger partial charge in [0, 0.05) is 28.9 Å². The van der Waals surface area contributed by atoms with E-state index in [0.29, 0.717) is 5.13 Å². The van der Waals surface area contributed by atoms with Crippen LogP contribution < -0.4 is 10.4 Å². The third kappa shape index (κ3) is 2.32. The molecule has 0 radical (unpaired) electrons. The third-order valence-corrected chi connectivity index (χ3v) is 5.47. The highest BCUT2D eigenvalue weighted by atomic mass is 32.1. The Kier molecular flexibility index (Phi) is 3.50. The number of hydrogen-bond acceptors (Lipinski definition) is 5. The quantitative estimate of drug-likeness (QED) is 0.907. The molecule has 0 saturated heterocycles. The second-order valence-corrected chi connectivity index (χ2v) is 7.05. The predicted octanol–water partition coefficient (Wildman–Crippen LogP) is 1.19. The van der Waals surface area contributed by atoms with Crippen LogP contribution in [0.5, 0.6) is 0 Å². The Labute approximate surface area is 121 Å². The first-order chi connectivity index (χ1) is 9.56. The largest absolute Gasteiger partial charge is 0.550 e. The average molecular weight is 293 g/mol. The van der Waals surface area contributed by atoms with Crippen LogP contribution in [0.15, 0.2) is 6.20 Å². The third-order valence-electron chi connectivity index (χ3n) is 4.65. The smallest absolute Gasteiger partial charge is 0.230 e. The topological polar surface area (TPSA) is 82.1 Å². The van der Waals surface area contributed by atoms with Gasteiger partial charge in [-0.2, -0.15) is 0 Å². The minimum Gasteiger partial charge on any atom is -0.550 e. The summed E-state index contributed by atoms with van der Waals surface area (Å²) < 4.78 is 0. The molecule has 1 heterocycles. The van der Waals surface area contributed by atoms with E-state index in [1.54, 1.807) is 6.20 Å². The minimum atomic E-state index is -1.07. The number of carbonyl (C=O) groups excluding carboxylic acids is 2. The monoisotopic (exact) mass is 293 g/mol. The molecule has 3 saturated carbocycles. The fourth-order valence-corrected chi connectivity index (χ4v) is 4.43. The van der Waals surface area contributed by atoms with Gasteiger partial charge in [0.25, 0.3) is 0 Å². The molecule has 2 atom stereocenters. The van der Waals surface area contributed by atoms with Crippen molar-refractivity contribution in [1.29, 1.82) is 0 Å². The highest BCUT2D eigenvalue weighted by molar-refractivity contribution is 7.15. The molecule has 20 heavy (non-hydrogen) atoms. The van der Waals surface area contributed by atoms with Crippen molar-refractivity contribution in [1.82, 2.24) is 4.98 Å². The van der Waals surface area contributed by atoms with Crippen LogP contribution in [-0.2, 0) is 9.59 Å². The Balaban J connectivity index is 1.79. The van der Waals surface area contributed by atoms with Crippen molar-refractivity contribution in [3.05, 3.63) is 11.1 Å². The molecule has 6 heteroatoms. The van der Waals surface area contributed by atoms with Gasteiger partial charge >= 0.3 is 0 Å². The molecule has 0 spiro atoms. The summed E-state index contributed by atoms with van der Waals surface area (Å²) in [5.74, 6) is -2.11. The van der Waals surface area contributed by atoms with Crippen molar-refractivity contribution >= 4 is 28.3 Å². The van der Waals surface area contributed by atoms with Crippen molar-refractivity contribution in [3.63, 3.8) is 0 Å². The summed E-state index contributed by atoms with van der Waals surface area (Å²) in [6.07, 6.45) is 5.41. The molecule has 2 bridgehead atoms. The highest BCUT2D eigenvalue weighted by Gasteiger charge is 2.47. The van der Waals surface area contributed by atoms with Gasteiger partial charge in [-0.15, -0.1) is 11.3 Å². The summed E-state index contributed by atoms with van der Waals surface area (Å²) >= 11 is 1.40. The lowest BCUT2D eigenvalue weighted by molar-refractivity contribution is -0.318. The fourth-order valence-electron chi connectivity index (χ4n) is 3.77. The standard InChI is InChI=1S/C14H18N2O3S/c1-7-6-15-14(20-7)16-12(17)10-8-2-4-9(5-3-8)11(10)13(18)19/h6,8-11H,2-5H2,1H3,(H,18,19)(H,15,16,17)/p-1/t8?,9?,10-,11-/m0/s1. The van der Waals surface area contributed by atoms with Gasteiger partial charge < -0.3 is 15.2 Å². The molecule has 3 aliphatic carbocycles. The number of thiazole rings is 1. The minimum absolute atomic E-state index is 0.0961. The molecule has 108 valence electrons. The normalized spacial score (nSPS) is 32.0. The van der Waals surface area contributed by atoms with Crippen molar-refractivity contribution in [3.8, 4) is 0 Å². The first-order valence-corrected chi connectivity index (χ1v) is 7.82. The van der Waals surface area contributed by atoms with E-state index in [4.69, 9.17) is 0 Å². The van der Waals surface area contributed by atoms with Crippen molar-refractivity contribution in [2.24, 2.45) is 23.7 Å². The summed E-state index contributed by atoms with van der Waals surface area (Å²) in [7, 11) is 0. The number of anilines is 1. The molecule has 0 aromatic carbocycles. The van der Waals surface area contributed by atoms with Crippen LogP contribution in [0.4, 0.5) is 5.13 Å². The molecule has 1 aromatic heterocycles. The van der Waals surface area contributed by atoms with E-state index in [-0.39, 0.29) is 17.7 Å². The first-order valence-electron chi connectivity index (χ1n) is 7.00. The Bertz CT molecular complexity index is 534. The van der Waals surface area contributed by atoms with Crippen LogP contribution in [0.25, 0.3) is 0 Å². The fraction of sp³-hybridized carbons (Fsp3) is 0.643. The maximum absolute atomic E-state index is 12.4. The molecule has 1 N–H and O–H groups in total. The van der Waals surface area contributed by atoms with Crippen LogP contribution in [0, 0.1) is 30.6 Å². The number of aromatic nitrogens is 1. The number of carboxylic acids is 1. The summed E-state index contributed by atoms with van der Waals surface area (Å²) in [5, 5.41) is 14.7. The molecule has 1 aromatic rings. The number of fused-ring (bicyclic) bond motifs is 3. The van der Waals surface area contributed by atoms with Crippen LogP contribution in [0.2, 0.25) is 0 Å². The number of amides is 1. The second-order valence-electron chi connectivity index (χ2n) is 5.81. The van der Waals surface area contributed by atoms with E-state index in [1.165, 1.54) is 11.3 Å². The van der Waals surface area contributed by atoms with Crippen LogP contribution in [0.1, 0.15) is 30.6 Å². The van der Waals surface area contributed by atoms with Crippen LogP contribution in [-0.4, -0.2) is 16.9 Å². The molecule has 5 nitrogen and oxygen atoms in total. The maximum Gasteiger partial charge on any atom is 0.230 e. The Hall–Kier alpha value is -1.43.